The summed E-state index contributed by atoms with van der Waals surface area (Å²) >= 11 is 5.73. The van der Waals surface area contributed by atoms with Crippen LogP contribution in [-0.4, -0.2) is 24.4 Å². The molecule has 0 saturated heterocycles. The number of hydrogen-bond acceptors (Lipinski definition) is 4. The van der Waals surface area contributed by atoms with Crippen LogP contribution in [0, 0.1) is 6.92 Å². The molecule has 0 bridgehead atoms. The van der Waals surface area contributed by atoms with Crippen molar-refractivity contribution < 1.29 is 8.42 Å². The lowest BCUT2D eigenvalue weighted by Gasteiger charge is -2.03. The summed E-state index contributed by atoms with van der Waals surface area (Å²) in [5.41, 5.74) is 1.68. The van der Waals surface area contributed by atoms with Gasteiger partial charge in [0.2, 0.25) is 0 Å². The number of nitrogens with one attached hydrogen (secondary N) is 1. The Morgan fingerprint density at radius 1 is 1.38 bits per heavy atom. The van der Waals surface area contributed by atoms with Gasteiger partial charge in [0, 0.05) is 22.8 Å². The van der Waals surface area contributed by atoms with Crippen molar-refractivity contribution in [3.8, 4) is 0 Å². The van der Waals surface area contributed by atoms with Crippen LogP contribution in [0.5, 0.6) is 0 Å². The van der Waals surface area contributed by atoms with Crippen molar-refractivity contribution in [2.24, 2.45) is 5.10 Å². The van der Waals surface area contributed by atoms with E-state index in [2.05, 4.69) is 15.0 Å². The van der Waals surface area contributed by atoms with Crippen LogP contribution in [0.15, 0.2) is 40.5 Å². The SMILES string of the molecule is CCn1ncc(C=NNS(=O)(=O)c2ccc(Cl)cc2)c1C. The fraction of sp³-hybridized carbons (Fsp3) is 0.231. The van der Waals surface area contributed by atoms with Crippen LogP contribution < -0.4 is 4.83 Å². The number of benzene rings is 1. The Hall–Kier alpha value is -1.86. The van der Waals surface area contributed by atoms with E-state index in [0.717, 1.165) is 17.8 Å². The van der Waals surface area contributed by atoms with Gasteiger partial charge in [0.1, 0.15) is 0 Å². The summed E-state index contributed by atoms with van der Waals surface area (Å²) in [4.78, 5) is 2.26. The highest BCUT2D eigenvalue weighted by Crippen LogP contribution is 2.13. The Morgan fingerprint density at radius 3 is 2.62 bits per heavy atom. The van der Waals surface area contributed by atoms with Gasteiger partial charge in [-0.2, -0.15) is 18.6 Å². The predicted octanol–water partition coefficient (Wildman–Crippen LogP) is 2.18. The van der Waals surface area contributed by atoms with E-state index >= 15 is 0 Å². The van der Waals surface area contributed by atoms with E-state index in [-0.39, 0.29) is 4.90 Å². The van der Waals surface area contributed by atoms with Gasteiger partial charge in [0.25, 0.3) is 10.0 Å². The average Bonchev–Trinajstić information content (AvgIpc) is 2.80. The van der Waals surface area contributed by atoms with Crippen LogP contribution in [0.25, 0.3) is 0 Å². The lowest BCUT2D eigenvalue weighted by molar-refractivity contribution is 0.584. The second kappa shape index (κ2) is 6.28. The Bertz CT molecular complexity index is 751. The van der Waals surface area contributed by atoms with E-state index in [1.165, 1.54) is 30.5 Å². The Kier molecular flexibility index (Phi) is 4.64. The van der Waals surface area contributed by atoms with Crippen molar-refractivity contribution in [2.45, 2.75) is 25.3 Å². The van der Waals surface area contributed by atoms with Crippen molar-refractivity contribution >= 4 is 27.8 Å². The number of halogens is 1. The molecule has 0 aliphatic rings. The number of sulfonamides is 1. The van der Waals surface area contributed by atoms with E-state index in [1.807, 2.05) is 13.8 Å². The van der Waals surface area contributed by atoms with Gasteiger partial charge in [-0.25, -0.2) is 4.83 Å². The molecule has 0 unspecified atom stereocenters. The van der Waals surface area contributed by atoms with Gasteiger partial charge in [-0.3, -0.25) is 4.68 Å². The van der Waals surface area contributed by atoms with Crippen LogP contribution in [0.3, 0.4) is 0 Å². The minimum atomic E-state index is -3.69. The molecular weight excluding hydrogens is 312 g/mol. The van der Waals surface area contributed by atoms with Crippen molar-refractivity contribution in [1.29, 1.82) is 0 Å². The van der Waals surface area contributed by atoms with Gasteiger partial charge in [-0.1, -0.05) is 11.6 Å². The van der Waals surface area contributed by atoms with Crippen LogP contribution in [0.2, 0.25) is 5.02 Å². The Balaban J connectivity index is 2.12. The third kappa shape index (κ3) is 3.62. The molecule has 0 atom stereocenters. The fourth-order valence-electron chi connectivity index (χ4n) is 1.74. The minimum Gasteiger partial charge on any atom is -0.269 e. The topological polar surface area (TPSA) is 76.3 Å². The Morgan fingerprint density at radius 2 is 2.05 bits per heavy atom. The maximum absolute atomic E-state index is 12.0. The molecule has 2 rings (SSSR count). The first-order chi connectivity index (χ1) is 9.94. The fourth-order valence-corrected chi connectivity index (χ4v) is 2.66. The molecule has 0 fully saturated rings. The predicted molar refractivity (Wildman–Crippen MR) is 82.0 cm³/mol. The molecule has 0 amide bonds. The molecule has 2 aromatic rings. The minimum absolute atomic E-state index is 0.102. The normalized spacial score (nSPS) is 12.0. The number of hydrazone groups is 1. The third-order valence-electron chi connectivity index (χ3n) is 2.94. The summed E-state index contributed by atoms with van der Waals surface area (Å²) in [5.74, 6) is 0. The van der Waals surface area contributed by atoms with Gasteiger partial charge < -0.3 is 0 Å². The molecule has 1 heterocycles. The smallest absolute Gasteiger partial charge is 0.269 e. The maximum atomic E-state index is 12.0. The molecule has 0 spiro atoms. The summed E-state index contributed by atoms with van der Waals surface area (Å²) in [5, 5.41) is 8.39. The van der Waals surface area contributed by atoms with E-state index in [9.17, 15) is 8.42 Å². The molecule has 1 aromatic heterocycles. The lowest BCUT2D eigenvalue weighted by Crippen LogP contribution is -2.18. The Labute approximate surface area is 128 Å². The number of aryl methyl sites for hydroxylation is 1. The standard InChI is InChI=1S/C13H15ClN4O2S/c1-3-18-10(2)11(9-16-18)8-15-17-21(19,20)13-6-4-12(14)5-7-13/h4-9,17H,3H2,1-2H3. The van der Waals surface area contributed by atoms with E-state index in [0.29, 0.717) is 5.02 Å². The first kappa shape index (κ1) is 15.5. The first-order valence-corrected chi connectivity index (χ1v) is 8.13. The molecule has 0 radical (unpaired) electrons. The third-order valence-corrected chi connectivity index (χ3v) is 4.43. The zero-order valence-corrected chi connectivity index (χ0v) is 13.2. The van der Waals surface area contributed by atoms with Crippen molar-refractivity contribution in [3.05, 3.63) is 46.7 Å². The first-order valence-electron chi connectivity index (χ1n) is 6.27. The molecule has 0 saturated carbocycles. The highest BCUT2D eigenvalue weighted by molar-refractivity contribution is 7.89. The molecule has 1 N–H and O–H groups in total. The van der Waals surface area contributed by atoms with E-state index in [4.69, 9.17) is 11.6 Å². The number of rotatable bonds is 5. The lowest BCUT2D eigenvalue weighted by atomic mass is 10.3. The van der Waals surface area contributed by atoms with Gasteiger partial charge in [-0.05, 0) is 38.1 Å². The number of nitrogens with zero attached hydrogens (tertiary/aromatic N) is 3. The monoisotopic (exact) mass is 326 g/mol. The molecule has 0 aliphatic heterocycles. The van der Waals surface area contributed by atoms with Crippen LogP contribution in [-0.2, 0) is 16.6 Å². The van der Waals surface area contributed by atoms with Crippen LogP contribution >= 0.6 is 11.6 Å². The van der Waals surface area contributed by atoms with E-state index < -0.39 is 10.0 Å². The highest BCUT2D eigenvalue weighted by atomic mass is 35.5. The highest BCUT2D eigenvalue weighted by Gasteiger charge is 2.12. The quantitative estimate of drug-likeness (QED) is 0.676. The molecule has 1 aromatic carbocycles. The van der Waals surface area contributed by atoms with Crippen molar-refractivity contribution in [1.82, 2.24) is 14.6 Å². The second-order valence-corrected chi connectivity index (χ2v) is 6.41. The van der Waals surface area contributed by atoms with Crippen molar-refractivity contribution in [2.75, 3.05) is 0 Å². The maximum Gasteiger partial charge on any atom is 0.276 e. The molecule has 0 aliphatic carbocycles. The van der Waals surface area contributed by atoms with Gasteiger partial charge in [0.15, 0.2) is 0 Å². The second-order valence-electron chi connectivity index (χ2n) is 4.31. The molecule has 8 heteroatoms. The van der Waals surface area contributed by atoms with E-state index in [1.54, 1.807) is 10.9 Å². The molecule has 6 nitrogen and oxygen atoms in total. The molecular formula is C13H15ClN4O2S. The summed E-state index contributed by atoms with van der Waals surface area (Å²) in [6.45, 7) is 4.62. The summed E-state index contributed by atoms with van der Waals surface area (Å²) < 4.78 is 25.8. The van der Waals surface area contributed by atoms with Gasteiger partial charge in [0.05, 0.1) is 17.3 Å². The summed E-state index contributed by atoms with van der Waals surface area (Å²) in [6.07, 6.45) is 3.07. The van der Waals surface area contributed by atoms with Crippen molar-refractivity contribution in [3.63, 3.8) is 0 Å². The largest absolute Gasteiger partial charge is 0.276 e. The van der Waals surface area contributed by atoms with Crippen LogP contribution in [0.4, 0.5) is 0 Å². The zero-order valence-electron chi connectivity index (χ0n) is 11.6. The summed E-state index contributed by atoms with van der Waals surface area (Å²) in [6, 6.07) is 5.85. The summed E-state index contributed by atoms with van der Waals surface area (Å²) in [7, 11) is -3.69. The molecule has 112 valence electrons. The van der Waals surface area contributed by atoms with Gasteiger partial charge >= 0.3 is 0 Å². The number of hydrogen-bond donors (Lipinski definition) is 1. The van der Waals surface area contributed by atoms with Crippen LogP contribution in [0.1, 0.15) is 18.2 Å². The van der Waals surface area contributed by atoms with Gasteiger partial charge in [-0.15, -0.1) is 0 Å². The zero-order chi connectivity index (χ0) is 15.5. The molecule has 21 heavy (non-hydrogen) atoms. The number of aromatic nitrogens is 2. The average molecular weight is 327 g/mol.